The number of aryl methyl sites for hydroxylation is 1. The van der Waals surface area contributed by atoms with Gasteiger partial charge in [-0.2, -0.15) is 0 Å². The largest absolute Gasteiger partial charge is 0.465 e. The predicted octanol–water partition coefficient (Wildman–Crippen LogP) is 2.26. The van der Waals surface area contributed by atoms with Crippen LogP contribution in [0.25, 0.3) is 0 Å². The van der Waals surface area contributed by atoms with E-state index >= 15 is 0 Å². The first-order valence-corrected chi connectivity index (χ1v) is 7.24. The Morgan fingerprint density at radius 1 is 1.33 bits per heavy atom. The first-order chi connectivity index (χ1) is 10.0. The van der Waals surface area contributed by atoms with Crippen molar-refractivity contribution in [1.29, 1.82) is 0 Å². The Bertz CT molecular complexity index is 500. The summed E-state index contributed by atoms with van der Waals surface area (Å²) in [5.41, 5.74) is 7.66. The van der Waals surface area contributed by atoms with Crippen molar-refractivity contribution >= 4 is 17.6 Å². The maximum absolute atomic E-state index is 12.3. The number of methoxy groups -OCH3 is 1. The number of amides is 1. The highest BCUT2D eigenvalue weighted by Gasteiger charge is 2.17. The van der Waals surface area contributed by atoms with Gasteiger partial charge in [-0.3, -0.25) is 4.79 Å². The van der Waals surface area contributed by atoms with E-state index in [4.69, 9.17) is 10.5 Å². The predicted molar refractivity (Wildman–Crippen MR) is 83.5 cm³/mol. The number of hydrogen-bond acceptors (Lipinski definition) is 4. The number of unbranched alkanes of at least 4 members (excludes halogenated alkanes) is 1. The maximum Gasteiger partial charge on any atom is 0.338 e. The highest BCUT2D eigenvalue weighted by Crippen LogP contribution is 2.21. The quantitative estimate of drug-likeness (QED) is 0.782. The molecule has 0 spiro atoms. The molecule has 0 fully saturated rings. The Labute approximate surface area is 126 Å². The van der Waals surface area contributed by atoms with Gasteiger partial charge in [-0.1, -0.05) is 13.3 Å². The molecule has 0 bridgehead atoms. The van der Waals surface area contributed by atoms with Crippen LogP contribution in [0, 0.1) is 6.92 Å². The van der Waals surface area contributed by atoms with Gasteiger partial charge in [-0.15, -0.1) is 0 Å². The van der Waals surface area contributed by atoms with Gasteiger partial charge in [0.25, 0.3) is 0 Å². The summed E-state index contributed by atoms with van der Waals surface area (Å²) in [5.74, 6) is -0.311. The summed E-state index contributed by atoms with van der Waals surface area (Å²) in [7, 11) is 1.35. The Hall–Kier alpha value is -1.88. The van der Waals surface area contributed by atoms with E-state index in [9.17, 15) is 9.59 Å². The molecular weight excluding hydrogens is 268 g/mol. The van der Waals surface area contributed by atoms with Crippen molar-refractivity contribution in [2.24, 2.45) is 5.73 Å². The lowest BCUT2D eigenvalue weighted by atomic mass is 10.1. The molecule has 21 heavy (non-hydrogen) atoms. The van der Waals surface area contributed by atoms with Crippen molar-refractivity contribution in [2.75, 3.05) is 25.1 Å². The molecule has 0 unspecified atom stereocenters. The van der Waals surface area contributed by atoms with Crippen molar-refractivity contribution in [3.63, 3.8) is 0 Å². The zero-order valence-corrected chi connectivity index (χ0v) is 13.0. The van der Waals surface area contributed by atoms with E-state index in [1.807, 2.05) is 13.0 Å². The molecule has 0 aliphatic rings. The standard InChI is InChI=1S/C16H24N2O3/c1-4-5-6-15(19)18(10-9-17)13-7-8-14(12(2)11-13)16(20)21-3/h7-8,11H,4-6,9-10,17H2,1-3H3. The van der Waals surface area contributed by atoms with E-state index < -0.39 is 0 Å². The molecule has 0 saturated carbocycles. The number of carbonyl (C=O) groups excluding carboxylic acids is 2. The molecule has 0 heterocycles. The van der Waals surface area contributed by atoms with Gasteiger partial charge in [0.2, 0.25) is 5.91 Å². The smallest absolute Gasteiger partial charge is 0.338 e. The maximum atomic E-state index is 12.3. The van der Waals surface area contributed by atoms with Gasteiger partial charge in [0.1, 0.15) is 0 Å². The molecule has 5 nitrogen and oxygen atoms in total. The van der Waals surface area contributed by atoms with Crippen molar-refractivity contribution in [2.45, 2.75) is 33.1 Å². The normalized spacial score (nSPS) is 10.3. The molecule has 2 N–H and O–H groups in total. The summed E-state index contributed by atoms with van der Waals surface area (Å²) in [6.07, 6.45) is 2.34. The average Bonchev–Trinajstić information content (AvgIpc) is 2.49. The van der Waals surface area contributed by atoms with Crippen LogP contribution in [-0.4, -0.2) is 32.1 Å². The van der Waals surface area contributed by atoms with Crippen molar-refractivity contribution in [3.05, 3.63) is 29.3 Å². The Morgan fingerprint density at radius 3 is 2.57 bits per heavy atom. The summed E-state index contributed by atoms with van der Waals surface area (Å²) in [5, 5.41) is 0. The van der Waals surface area contributed by atoms with E-state index in [1.54, 1.807) is 17.0 Å². The van der Waals surface area contributed by atoms with Crippen LogP contribution >= 0.6 is 0 Å². The van der Waals surface area contributed by atoms with Crippen LogP contribution < -0.4 is 10.6 Å². The molecule has 0 saturated heterocycles. The van der Waals surface area contributed by atoms with E-state index in [0.29, 0.717) is 25.1 Å². The molecule has 1 aromatic rings. The fourth-order valence-corrected chi connectivity index (χ4v) is 2.14. The van der Waals surface area contributed by atoms with Crippen LogP contribution in [0.4, 0.5) is 5.69 Å². The number of anilines is 1. The summed E-state index contributed by atoms with van der Waals surface area (Å²) in [4.78, 5) is 25.5. The average molecular weight is 292 g/mol. The fourth-order valence-electron chi connectivity index (χ4n) is 2.14. The van der Waals surface area contributed by atoms with Gasteiger partial charge in [-0.25, -0.2) is 4.79 Å². The van der Waals surface area contributed by atoms with E-state index in [1.165, 1.54) is 7.11 Å². The second-order valence-electron chi connectivity index (χ2n) is 4.93. The lowest BCUT2D eigenvalue weighted by Gasteiger charge is -2.23. The molecule has 0 aliphatic carbocycles. The number of nitrogens with zero attached hydrogens (tertiary/aromatic N) is 1. The minimum absolute atomic E-state index is 0.0625. The number of benzene rings is 1. The van der Waals surface area contributed by atoms with E-state index in [-0.39, 0.29) is 11.9 Å². The number of rotatable bonds is 7. The molecule has 0 aliphatic heterocycles. The molecule has 0 aromatic heterocycles. The minimum Gasteiger partial charge on any atom is -0.465 e. The highest BCUT2D eigenvalue weighted by atomic mass is 16.5. The number of nitrogens with two attached hydrogens (primary N) is 1. The first-order valence-electron chi connectivity index (χ1n) is 7.24. The van der Waals surface area contributed by atoms with Crippen LogP contribution in [0.3, 0.4) is 0 Å². The Kier molecular flexibility index (Phi) is 6.88. The SMILES string of the molecule is CCCCC(=O)N(CCN)c1ccc(C(=O)OC)c(C)c1. The van der Waals surface area contributed by atoms with Gasteiger partial charge in [-0.05, 0) is 37.1 Å². The third kappa shape index (κ3) is 4.56. The number of esters is 1. The molecular formula is C16H24N2O3. The second kappa shape index (κ2) is 8.42. The molecule has 1 aromatic carbocycles. The van der Waals surface area contributed by atoms with Crippen molar-refractivity contribution in [3.8, 4) is 0 Å². The summed E-state index contributed by atoms with van der Waals surface area (Å²) >= 11 is 0. The van der Waals surface area contributed by atoms with Crippen molar-refractivity contribution in [1.82, 2.24) is 0 Å². The highest BCUT2D eigenvalue weighted by molar-refractivity contribution is 5.95. The molecule has 1 rings (SSSR count). The van der Waals surface area contributed by atoms with Gasteiger partial charge in [0, 0.05) is 25.2 Å². The number of ether oxygens (including phenoxy) is 1. The molecule has 1 amide bonds. The Balaban J connectivity index is 3.01. The Morgan fingerprint density at radius 2 is 2.05 bits per heavy atom. The van der Waals surface area contributed by atoms with Gasteiger partial charge < -0.3 is 15.4 Å². The summed E-state index contributed by atoms with van der Waals surface area (Å²) in [6.45, 7) is 4.75. The minimum atomic E-state index is -0.373. The monoisotopic (exact) mass is 292 g/mol. The van der Waals surface area contributed by atoms with Crippen molar-refractivity contribution < 1.29 is 14.3 Å². The van der Waals surface area contributed by atoms with Gasteiger partial charge >= 0.3 is 5.97 Å². The molecule has 116 valence electrons. The van der Waals surface area contributed by atoms with Gasteiger partial charge in [0.05, 0.1) is 12.7 Å². The molecule has 0 atom stereocenters. The zero-order chi connectivity index (χ0) is 15.8. The number of hydrogen-bond donors (Lipinski definition) is 1. The molecule has 0 radical (unpaired) electrons. The van der Waals surface area contributed by atoms with E-state index in [2.05, 4.69) is 6.92 Å². The van der Waals surface area contributed by atoms with Crippen LogP contribution in [0.2, 0.25) is 0 Å². The summed E-state index contributed by atoms with van der Waals surface area (Å²) in [6, 6.07) is 5.28. The lowest BCUT2D eigenvalue weighted by molar-refractivity contribution is -0.118. The summed E-state index contributed by atoms with van der Waals surface area (Å²) < 4.78 is 4.73. The van der Waals surface area contributed by atoms with E-state index in [0.717, 1.165) is 24.1 Å². The molecule has 5 heteroatoms. The first kappa shape index (κ1) is 17.2. The van der Waals surface area contributed by atoms with Gasteiger partial charge in [0.15, 0.2) is 0 Å². The zero-order valence-electron chi connectivity index (χ0n) is 13.0. The fraction of sp³-hybridized carbons (Fsp3) is 0.500. The third-order valence-corrected chi connectivity index (χ3v) is 3.32. The van der Waals surface area contributed by atoms with Crippen LogP contribution in [0.1, 0.15) is 42.1 Å². The van der Waals surface area contributed by atoms with Crippen LogP contribution in [-0.2, 0) is 9.53 Å². The van der Waals surface area contributed by atoms with Crippen LogP contribution in [0.5, 0.6) is 0 Å². The third-order valence-electron chi connectivity index (χ3n) is 3.32. The topological polar surface area (TPSA) is 72.6 Å². The lowest BCUT2D eigenvalue weighted by Crippen LogP contribution is -2.35. The van der Waals surface area contributed by atoms with Crippen LogP contribution in [0.15, 0.2) is 18.2 Å². The second-order valence-corrected chi connectivity index (χ2v) is 4.93. The number of carbonyl (C=O) groups is 2.